The van der Waals surface area contributed by atoms with Crippen molar-refractivity contribution in [3.8, 4) is 0 Å². The SMILES string of the molecule is CCCCC/C=C\C/C=C\CCCCCCCC(=O)OC(COC(=O)CCCCCCCCCCCCCC)COC(=O)CCCCCCCCCCCCCCCCCCCCCCCCCCCCCCCCCCCCC. The highest BCUT2D eigenvalue weighted by Gasteiger charge is 2.19. The molecule has 0 amide bonds. The Morgan fingerprint density at radius 1 is 0.250 bits per heavy atom. The van der Waals surface area contributed by atoms with Gasteiger partial charge in [0.2, 0.25) is 0 Å². The van der Waals surface area contributed by atoms with Gasteiger partial charge in [-0.2, -0.15) is 0 Å². The van der Waals surface area contributed by atoms with Crippen LogP contribution in [-0.2, 0) is 28.6 Å². The number of hydrogen-bond acceptors (Lipinski definition) is 6. The normalized spacial score (nSPS) is 12.1. The minimum atomic E-state index is -0.775. The Labute approximate surface area is 500 Å². The van der Waals surface area contributed by atoms with Gasteiger partial charge >= 0.3 is 17.9 Å². The quantitative estimate of drug-likeness (QED) is 0.0261. The first kappa shape index (κ1) is 77.9. The van der Waals surface area contributed by atoms with Gasteiger partial charge in [-0.3, -0.25) is 14.4 Å². The van der Waals surface area contributed by atoms with E-state index in [4.69, 9.17) is 14.2 Å². The molecule has 0 heterocycles. The number of unbranched alkanes of at least 4 members (excludes halogenated alkanes) is 53. The van der Waals surface area contributed by atoms with Crippen LogP contribution in [0, 0.1) is 0 Å². The molecule has 0 spiro atoms. The van der Waals surface area contributed by atoms with E-state index < -0.39 is 6.10 Å². The summed E-state index contributed by atoms with van der Waals surface area (Å²) in [5.74, 6) is -0.857. The molecule has 80 heavy (non-hydrogen) atoms. The van der Waals surface area contributed by atoms with Crippen LogP contribution < -0.4 is 0 Å². The lowest BCUT2D eigenvalue weighted by atomic mass is 10.0. The molecule has 0 aromatic carbocycles. The van der Waals surface area contributed by atoms with Crippen molar-refractivity contribution < 1.29 is 28.6 Å². The third-order valence-electron chi connectivity index (χ3n) is 16.7. The van der Waals surface area contributed by atoms with E-state index >= 15 is 0 Å². The molecule has 0 aliphatic rings. The summed E-state index contributed by atoms with van der Waals surface area (Å²) in [6, 6.07) is 0. The molecular weight excluding hydrogens is 985 g/mol. The van der Waals surface area contributed by atoms with E-state index in [1.54, 1.807) is 0 Å². The van der Waals surface area contributed by atoms with E-state index in [2.05, 4.69) is 45.1 Å². The van der Waals surface area contributed by atoms with Gasteiger partial charge in [0.1, 0.15) is 13.2 Å². The van der Waals surface area contributed by atoms with Crippen molar-refractivity contribution in [2.24, 2.45) is 0 Å². The standard InChI is InChI=1S/C74H140O6/c1-4-7-10-13-16-19-22-25-27-28-29-30-31-32-33-34-35-36-37-38-39-40-41-42-43-44-45-46-48-49-52-55-58-61-64-67-73(76)79-70-71(69-78-72(75)66-63-60-57-54-51-24-21-18-15-12-9-6-3)80-74(77)68-65-62-59-56-53-50-47-26-23-20-17-14-11-8-5-2/h17,20,26,47,71H,4-16,18-19,21-25,27-46,48-70H2,1-3H3/b20-17-,47-26-. The number of esters is 3. The molecule has 1 unspecified atom stereocenters. The van der Waals surface area contributed by atoms with Gasteiger partial charge in [-0.1, -0.05) is 366 Å². The second-order valence-electron chi connectivity index (χ2n) is 24.9. The Kier molecular flexibility index (Phi) is 67.6. The Bertz CT molecular complexity index is 1290. The van der Waals surface area contributed by atoms with Gasteiger partial charge in [0.15, 0.2) is 6.10 Å². The number of rotatable bonds is 68. The van der Waals surface area contributed by atoms with Crippen LogP contribution in [0.1, 0.15) is 412 Å². The first-order valence-corrected chi connectivity index (χ1v) is 36.3. The molecule has 0 bridgehead atoms. The summed E-state index contributed by atoms with van der Waals surface area (Å²) in [4.78, 5) is 38.3. The lowest BCUT2D eigenvalue weighted by Gasteiger charge is -2.18. The van der Waals surface area contributed by atoms with Gasteiger partial charge in [0.25, 0.3) is 0 Å². The highest BCUT2D eigenvalue weighted by atomic mass is 16.6. The van der Waals surface area contributed by atoms with Crippen LogP contribution in [0.25, 0.3) is 0 Å². The molecule has 6 heteroatoms. The zero-order valence-electron chi connectivity index (χ0n) is 54.4. The molecule has 0 saturated carbocycles. The Morgan fingerprint density at radius 3 is 0.713 bits per heavy atom. The van der Waals surface area contributed by atoms with Crippen LogP contribution in [0.2, 0.25) is 0 Å². The fourth-order valence-corrected chi connectivity index (χ4v) is 11.2. The van der Waals surface area contributed by atoms with Crippen molar-refractivity contribution in [1.82, 2.24) is 0 Å². The lowest BCUT2D eigenvalue weighted by molar-refractivity contribution is -0.167. The molecular formula is C74H140O6. The van der Waals surface area contributed by atoms with Gasteiger partial charge < -0.3 is 14.2 Å². The monoisotopic (exact) mass is 1130 g/mol. The van der Waals surface area contributed by atoms with Gasteiger partial charge in [0.05, 0.1) is 0 Å². The zero-order valence-corrected chi connectivity index (χ0v) is 54.4. The van der Waals surface area contributed by atoms with Crippen molar-refractivity contribution in [2.45, 2.75) is 419 Å². The second kappa shape index (κ2) is 69.4. The van der Waals surface area contributed by atoms with Crippen molar-refractivity contribution in [3.63, 3.8) is 0 Å². The minimum absolute atomic E-state index is 0.0711. The van der Waals surface area contributed by atoms with Crippen LogP contribution in [0.15, 0.2) is 24.3 Å². The molecule has 472 valence electrons. The second-order valence-corrected chi connectivity index (χ2v) is 24.9. The van der Waals surface area contributed by atoms with E-state index in [9.17, 15) is 14.4 Å². The van der Waals surface area contributed by atoms with Crippen LogP contribution in [0.3, 0.4) is 0 Å². The number of carbonyl (C=O) groups is 3. The highest BCUT2D eigenvalue weighted by Crippen LogP contribution is 2.19. The van der Waals surface area contributed by atoms with Gasteiger partial charge in [-0.05, 0) is 51.4 Å². The number of allylic oxidation sites excluding steroid dienone is 4. The number of hydrogen-bond donors (Lipinski definition) is 0. The van der Waals surface area contributed by atoms with Crippen LogP contribution >= 0.6 is 0 Å². The molecule has 0 aliphatic heterocycles. The van der Waals surface area contributed by atoms with Crippen molar-refractivity contribution in [3.05, 3.63) is 24.3 Å². The molecule has 1 atom stereocenters. The number of ether oxygens (including phenoxy) is 3. The number of carbonyl (C=O) groups excluding carboxylic acids is 3. The fraction of sp³-hybridized carbons (Fsp3) is 0.905. The molecule has 0 aliphatic carbocycles. The maximum Gasteiger partial charge on any atom is 0.306 e. The van der Waals surface area contributed by atoms with E-state index in [0.717, 1.165) is 77.0 Å². The predicted octanol–water partition coefficient (Wildman–Crippen LogP) is 25.0. The van der Waals surface area contributed by atoms with Crippen molar-refractivity contribution in [2.75, 3.05) is 13.2 Å². The molecule has 0 saturated heterocycles. The third-order valence-corrected chi connectivity index (χ3v) is 16.7. The summed E-state index contributed by atoms with van der Waals surface area (Å²) in [5.41, 5.74) is 0. The molecule has 0 radical (unpaired) electrons. The largest absolute Gasteiger partial charge is 0.462 e. The first-order chi connectivity index (χ1) is 39.5. The molecule has 0 rings (SSSR count). The van der Waals surface area contributed by atoms with E-state index in [1.807, 2.05) is 0 Å². The molecule has 0 aromatic rings. The molecule has 0 fully saturated rings. The van der Waals surface area contributed by atoms with Crippen molar-refractivity contribution >= 4 is 17.9 Å². The summed E-state index contributed by atoms with van der Waals surface area (Å²) >= 11 is 0. The highest BCUT2D eigenvalue weighted by molar-refractivity contribution is 5.71. The topological polar surface area (TPSA) is 78.9 Å². The Morgan fingerprint density at radius 2 is 0.450 bits per heavy atom. The Hall–Kier alpha value is -2.11. The van der Waals surface area contributed by atoms with Gasteiger partial charge in [-0.15, -0.1) is 0 Å². The molecule has 0 aromatic heterocycles. The maximum absolute atomic E-state index is 12.9. The van der Waals surface area contributed by atoms with Crippen LogP contribution in [0.5, 0.6) is 0 Å². The third kappa shape index (κ3) is 66.7. The van der Waals surface area contributed by atoms with E-state index in [-0.39, 0.29) is 31.1 Å². The van der Waals surface area contributed by atoms with E-state index in [0.29, 0.717) is 19.3 Å². The average molecular weight is 1130 g/mol. The minimum Gasteiger partial charge on any atom is -0.462 e. The summed E-state index contributed by atoms with van der Waals surface area (Å²) in [5, 5.41) is 0. The van der Waals surface area contributed by atoms with Gasteiger partial charge in [0, 0.05) is 19.3 Å². The maximum atomic E-state index is 12.9. The van der Waals surface area contributed by atoms with Gasteiger partial charge in [-0.25, -0.2) is 0 Å². The predicted molar refractivity (Wildman–Crippen MR) is 349 cm³/mol. The van der Waals surface area contributed by atoms with E-state index in [1.165, 1.54) is 295 Å². The lowest BCUT2D eigenvalue weighted by Crippen LogP contribution is -2.30. The fourth-order valence-electron chi connectivity index (χ4n) is 11.2. The first-order valence-electron chi connectivity index (χ1n) is 36.3. The Balaban J connectivity index is 4.01. The summed E-state index contributed by atoms with van der Waals surface area (Å²) < 4.78 is 16.9. The summed E-state index contributed by atoms with van der Waals surface area (Å²) in [7, 11) is 0. The zero-order chi connectivity index (χ0) is 57.8. The van der Waals surface area contributed by atoms with Crippen LogP contribution in [-0.4, -0.2) is 37.2 Å². The average Bonchev–Trinajstić information content (AvgIpc) is 3.46. The molecule has 0 N–H and O–H groups in total. The smallest absolute Gasteiger partial charge is 0.306 e. The molecule has 6 nitrogen and oxygen atoms in total. The summed E-state index contributed by atoms with van der Waals surface area (Å²) in [6.07, 6.45) is 85.3. The van der Waals surface area contributed by atoms with Crippen LogP contribution in [0.4, 0.5) is 0 Å². The summed E-state index contributed by atoms with van der Waals surface area (Å²) in [6.45, 7) is 6.67. The van der Waals surface area contributed by atoms with Crippen molar-refractivity contribution in [1.29, 1.82) is 0 Å².